The van der Waals surface area contributed by atoms with Gasteiger partial charge in [-0.15, -0.1) is 0 Å². The molecule has 3 heteroatoms. The van der Waals surface area contributed by atoms with E-state index in [0.29, 0.717) is 0 Å². The third-order valence-electron chi connectivity index (χ3n) is 7.43. The van der Waals surface area contributed by atoms with Crippen LogP contribution in [0, 0.1) is 13.8 Å². The maximum atomic E-state index is 2.37. The van der Waals surface area contributed by atoms with Gasteiger partial charge in [-0.1, -0.05) is 72.8 Å². The molecule has 4 aromatic carbocycles. The van der Waals surface area contributed by atoms with Crippen LogP contribution in [0.4, 0.5) is 0 Å². The Balaban J connectivity index is 0.00000102. The molecule has 2 aliphatic carbocycles. The van der Waals surface area contributed by atoms with Crippen LogP contribution in [0.25, 0.3) is 22.3 Å². The molecule has 4 aromatic rings. The summed E-state index contributed by atoms with van der Waals surface area (Å²) >= 11 is 0. The van der Waals surface area contributed by atoms with Gasteiger partial charge >= 0.3 is 25.8 Å². The van der Waals surface area contributed by atoms with Crippen LogP contribution in [-0.4, -0.2) is 0 Å². The molecule has 0 atom stereocenters. The van der Waals surface area contributed by atoms with Gasteiger partial charge in [-0.05, 0) is 106 Å². The predicted molar refractivity (Wildman–Crippen MR) is 126 cm³/mol. The number of hydrogen-bond acceptors (Lipinski definition) is 0. The second-order valence-corrected chi connectivity index (χ2v) is 8.92. The van der Waals surface area contributed by atoms with Gasteiger partial charge in [-0.25, -0.2) is 0 Å². The summed E-state index contributed by atoms with van der Waals surface area (Å²) in [6.07, 6.45) is 4.40. The molecule has 164 valence electrons. The first-order valence-electron chi connectivity index (χ1n) is 11.1. The number of aryl methyl sites for hydroxylation is 2. The molecule has 0 heterocycles. The minimum atomic E-state index is 0. The predicted octanol–water partition coefficient (Wildman–Crippen LogP) is 1.24. The van der Waals surface area contributed by atoms with Crippen LogP contribution in [0.5, 0.6) is 0 Å². The summed E-state index contributed by atoms with van der Waals surface area (Å²) in [5.74, 6) is 0. The van der Waals surface area contributed by atoms with Gasteiger partial charge in [0.05, 0.1) is 0 Å². The molecule has 0 amide bonds. The summed E-state index contributed by atoms with van der Waals surface area (Å²) in [7, 11) is 0. The van der Waals surface area contributed by atoms with Crippen LogP contribution in [0.3, 0.4) is 0 Å². The Hall–Kier alpha value is -1.67. The second kappa shape index (κ2) is 10.3. The van der Waals surface area contributed by atoms with Crippen molar-refractivity contribution in [2.75, 3.05) is 0 Å². The first-order chi connectivity index (χ1) is 14.7. The van der Waals surface area contributed by atoms with Gasteiger partial charge in [-0.2, -0.15) is 0 Å². The van der Waals surface area contributed by atoms with E-state index < -0.39 is 0 Å². The minimum Gasteiger partial charge on any atom is -1.00 e. The molecular weight excluding hydrogens is 610 g/mol. The second-order valence-electron chi connectivity index (χ2n) is 8.92. The largest absolute Gasteiger partial charge is 2.00 e. The van der Waals surface area contributed by atoms with Gasteiger partial charge in [0.2, 0.25) is 0 Å². The third-order valence-corrected chi connectivity index (χ3v) is 7.43. The molecule has 0 saturated heterocycles. The summed E-state index contributed by atoms with van der Waals surface area (Å²) in [5.41, 5.74) is 17.8. The molecule has 0 unspecified atom stereocenters. The van der Waals surface area contributed by atoms with E-state index in [2.05, 4.69) is 86.6 Å². The maximum Gasteiger partial charge on any atom is 2.00 e. The molecule has 0 bridgehead atoms. The van der Waals surface area contributed by atoms with E-state index in [9.17, 15) is 0 Å². The molecule has 0 saturated carbocycles. The zero-order valence-corrected chi connectivity index (χ0v) is 24.1. The number of hydrogen-bond donors (Lipinski definition) is 0. The molecule has 0 N–H and O–H groups in total. The van der Waals surface area contributed by atoms with Gasteiger partial charge in [0.1, 0.15) is 0 Å². The van der Waals surface area contributed by atoms with Gasteiger partial charge in [0.15, 0.2) is 0 Å². The van der Waals surface area contributed by atoms with E-state index in [1.807, 2.05) is 0 Å². The summed E-state index contributed by atoms with van der Waals surface area (Å²) in [4.78, 5) is 0. The monoisotopic (exact) mass is 636 g/mol. The fraction of sp³-hybridized carbons (Fsp3) is 0.200. The first-order valence-corrected chi connectivity index (χ1v) is 11.1. The molecule has 0 aliphatic heterocycles. The van der Waals surface area contributed by atoms with Crippen molar-refractivity contribution in [3.63, 3.8) is 0 Å². The van der Waals surface area contributed by atoms with E-state index in [1.165, 1.54) is 66.8 Å². The van der Waals surface area contributed by atoms with Crippen molar-refractivity contribution in [1.29, 1.82) is 0 Å². The Kier molecular flexibility index (Phi) is 8.10. The number of benzene rings is 4. The molecular formula is C30H26Cl2Hf. The molecule has 0 fully saturated rings. The SMILES string of the molecule is Cc1c(CCc2ccc3c(c2C)Cc2ccccc2-3)ccc2c1Cc1ccccc1-2.[Cl-].[Cl-].[Hf+2]. The van der Waals surface area contributed by atoms with Crippen LogP contribution in [-0.2, 0) is 51.5 Å². The van der Waals surface area contributed by atoms with Crippen molar-refractivity contribution in [3.05, 3.63) is 117 Å². The zero-order valence-electron chi connectivity index (χ0n) is 19.0. The standard InChI is InChI=1S/C30H26.2ClH.Hf/c1-19-21(13-15-27-25-9-5-3-7-23(25)17-29(19)27)11-12-22-14-16-28-26-10-6-4-8-24(26)18-30(28)20(22)2;;;/h3-10,13-16H,11-12,17-18H2,1-2H3;2*1H;/q;;;+2/p-2. The van der Waals surface area contributed by atoms with E-state index in [1.54, 1.807) is 0 Å². The van der Waals surface area contributed by atoms with Crippen LogP contribution in [0.1, 0.15) is 44.5 Å². The number of fused-ring (bicyclic) bond motifs is 6. The number of halogens is 2. The molecule has 0 spiro atoms. The Labute approximate surface area is 228 Å². The first kappa shape index (κ1) is 25.9. The summed E-state index contributed by atoms with van der Waals surface area (Å²) in [5, 5.41) is 0. The van der Waals surface area contributed by atoms with E-state index >= 15 is 0 Å². The summed E-state index contributed by atoms with van der Waals surface area (Å²) in [6, 6.07) is 27.2. The average Bonchev–Trinajstić information content (AvgIpc) is 3.34. The normalized spacial score (nSPS) is 11.8. The Morgan fingerprint density at radius 1 is 0.515 bits per heavy atom. The fourth-order valence-electron chi connectivity index (χ4n) is 5.64. The van der Waals surface area contributed by atoms with Crippen LogP contribution < -0.4 is 24.8 Å². The fourth-order valence-corrected chi connectivity index (χ4v) is 5.64. The zero-order chi connectivity index (χ0) is 20.2. The van der Waals surface area contributed by atoms with Crippen LogP contribution >= 0.6 is 0 Å². The van der Waals surface area contributed by atoms with Gasteiger partial charge in [-0.3, -0.25) is 0 Å². The molecule has 6 rings (SSSR count). The van der Waals surface area contributed by atoms with E-state index in [4.69, 9.17) is 0 Å². The molecule has 0 nitrogen and oxygen atoms in total. The Morgan fingerprint density at radius 3 is 1.33 bits per heavy atom. The topological polar surface area (TPSA) is 0 Å². The van der Waals surface area contributed by atoms with Crippen molar-refractivity contribution >= 4 is 0 Å². The number of rotatable bonds is 3. The van der Waals surface area contributed by atoms with Crippen molar-refractivity contribution in [2.24, 2.45) is 0 Å². The molecule has 0 aromatic heterocycles. The van der Waals surface area contributed by atoms with Gasteiger partial charge < -0.3 is 24.8 Å². The molecule has 33 heavy (non-hydrogen) atoms. The van der Waals surface area contributed by atoms with Crippen LogP contribution in [0.15, 0.2) is 72.8 Å². The Morgan fingerprint density at radius 2 is 0.909 bits per heavy atom. The van der Waals surface area contributed by atoms with Crippen molar-refractivity contribution < 1.29 is 50.7 Å². The smallest absolute Gasteiger partial charge is 1.00 e. The Bertz CT molecular complexity index is 1220. The molecule has 0 radical (unpaired) electrons. The summed E-state index contributed by atoms with van der Waals surface area (Å²) < 4.78 is 0. The van der Waals surface area contributed by atoms with Gasteiger partial charge in [0.25, 0.3) is 0 Å². The average molecular weight is 636 g/mol. The molecule has 2 aliphatic rings. The van der Waals surface area contributed by atoms with Crippen molar-refractivity contribution in [2.45, 2.75) is 39.5 Å². The maximum absolute atomic E-state index is 2.37. The van der Waals surface area contributed by atoms with Crippen LogP contribution in [0.2, 0.25) is 0 Å². The van der Waals surface area contributed by atoms with Gasteiger partial charge in [0, 0.05) is 0 Å². The summed E-state index contributed by atoms with van der Waals surface area (Å²) in [6.45, 7) is 4.65. The third kappa shape index (κ3) is 4.29. The van der Waals surface area contributed by atoms with E-state index in [0.717, 1.165) is 25.7 Å². The minimum absolute atomic E-state index is 0. The van der Waals surface area contributed by atoms with E-state index in [-0.39, 0.29) is 50.7 Å². The van der Waals surface area contributed by atoms with Crippen molar-refractivity contribution in [1.82, 2.24) is 0 Å². The quantitative estimate of drug-likeness (QED) is 0.257. The van der Waals surface area contributed by atoms with Crippen molar-refractivity contribution in [3.8, 4) is 22.3 Å².